The summed E-state index contributed by atoms with van der Waals surface area (Å²) in [6.07, 6.45) is 3.33. The van der Waals surface area contributed by atoms with Gasteiger partial charge in [0.25, 0.3) is 0 Å². The molecule has 0 amide bonds. The first-order chi connectivity index (χ1) is 6.76. The quantitative estimate of drug-likeness (QED) is 0.531. The molecule has 2 aliphatic carbocycles. The predicted octanol–water partition coefficient (Wildman–Crippen LogP) is 2.18. The van der Waals surface area contributed by atoms with E-state index in [-0.39, 0.29) is 17.8 Å². The summed E-state index contributed by atoms with van der Waals surface area (Å²) in [5.74, 6) is 4.79. The van der Waals surface area contributed by atoms with E-state index in [1.807, 2.05) is 0 Å². The van der Waals surface area contributed by atoms with Gasteiger partial charge in [0, 0.05) is 21.8 Å². The van der Waals surface area contributed by atoms with E-state index in [0.717, 1.165) is 24.7 Å². The van der Waals surface area contributed by atoms with Crippen molar-refractivity contribution in [3.05, 3.63) is 0 Å². The molecular formula is C11H13BrO2. The Balaban J connectivity index is 2.08. The van der Waals surface area contributed by atoms with E-state index in [0.29, 0.717) is 0 Å². The number of carbonyl (C=O) groups is 1. The number of methoxy groups -OCH3 is 1. The Morgan fingerprint density at radius 2 is 2.07 bits per heavy atom. The molecular weight excluding hydrogens is 244 g/mol. The van der Waals surface area contributed by atoms with Crippen molar-refractivity contribution in [3.63, 3.8) is 0 Å². The highest BCUT2D eigenvalue weighted by atomic mass is 79.9. The van der Waals surface area contributed by atoms with Crippen molar-refractivity contribution in [2.24, 2.45) is 23.7 Å². The van der Waals surface area contributed by atoms with Gasteiger partial charge in [0.1, 0.15) is 0 Å². The Morgan fingerprint density at radius 3 is 2.71 bits per heavy atom. The van der Waals surface area contributed by atoms with Crippen LogP contribution < -0.4 is 0 Å². The van der Waals surface area contributed by atoms with E-state index in [4.69, 9.17) is 4.74 Å². The number of halogens is 1. The fourth-order valence-corrected chi connectivity index (χ4v) is 2.80. The van der Waals surface area contributed by atoms with Crippen LogP contribution in [0.25, 0.3) is 0 Å². The van der Waals surface area contributed by atoms with Gasteiger partial charge in [-0.2, -0.15) is 0 Å². The van der Waals surface area contributed by atoms with Crippen LogP contribution in [-0.4, -0.2) is 13.1 Å². The topological polar surface area (TPSA) is 26.3 Å². The maximum absolute atomic E-state index is 11.5. The molecule has 4 unspecified atom stereocenters. The van der Waals surface area contributed by atoms with E-state index in [9.17, 15) is 4.79 Å². The van der Waals surface area contributed by atoms with Gasteiger partial charge >= 0.3 is 5.97 Å². The highest BCUT2D eigenvalue weighted by molar-refractivity contribution is 9.12. The Hall–Kier alpha value is -0.490. The summed E-state index contributed by atoms with van der Waals surface area (Å²) in [6.45, 7) is 0. The first kappa shape index (κ1) is 10.0. The van der Waals surface area contributed by atoms with Gasteiger partial charge in [0.2, 0.25) is 0 Å². The Morgan fingerprint density at radius 1 is 1.36 bits per heavy atom. The summed E-state index contributed by atoms with van der Waals surface area (Å²) in [4.78, 5) is 14.3. The van der Waals surface area contributed by atoms with Crippen molar-refractivity contribution in [1.29, 1.82) is 0 Å². The maximum atomic E-state index is 11.5. The largest absolute Gasteiger partial charge is 0.469 e. The van der Waals surface area contributed by atoms with Crippen LogP contribution in [-0.2, 0) is 9.53 Å². The summed E-state index contributed by atoms with van der Waals surface area (Å²) >= 11 is 3.10. The molecule has 2 aliphatic rings. The molecule has 0 aromatic carbocycles. The summed E-state index contributed by atoms with van der Waals surface area (Å²) in [5, 5.41) is 0. The lowest BCUT2D eigenvalue weighted by Crippen LogP contribution is -2.28. The summed E-state index contributed by atoms with van der Waals surface area (Å²) in [7, 11) is 1.46. The van der Waals surface area contributed by atoms with Gasteiger partial charge in [-0.05, 0) is 35.9 Å². The lowest BCUT2D eigenvalue weighted by atomic mass is 9.80. The monoisotopic (exact) mass is 256 g/mol. The van der Waals surface area contributed by atoms with E-state index in [1.54, 1.807) is 0 Å². The molecule has 0 saturated heterocycles. The molecule has 14 heavy (non-hydrogen) atoms. The van der Waals surface area contributed by atoms with Crippen molar-refractivity contribution in [1.82, 2.24) is 0 Å². The van der Waals surface area contributed by atoms with E-state index in [2.05, 4.69) is 26.7 Å². The van der Waals surface area contributed by atoms with Crippen LogP contribution in [0.5, 0.6) is 0 Å². The van der Waals surface area contributed by atoms with Crippen LogP contribution in [0.1, 0.15) is 19.3 Å². The van der Waals surface area contributed by atoms with Crippen molar-refractivity contribution in [3.8, 4) is 10.8 Å². The second kappa shape index (κ2) is 3.94. The van der Waals surface area contributed by atoms with Crippen molar-refractivity contribution >= 4 is 21.9 Å². The summed E-state index contributed by atoms with van der Waals surface area (Å²) in [6, 6.07) is 0. The molecule has 0 aliphatic heterocycles. The van der Waals surface area contributed by atoms with Gasteiger partial charge in [0.15, 0.2) is 0 Å². The second-order valence-electron chi connectivity index (χ2n) is 4.20. The SMILES string of the molecule is COC(=O)C1CC2CC2CC1C#CBr. The number of hydrogen-bond donors (Lipinski definition) is 0. The average Bonchev–Trinajstić information content (AvgIpc) is 2.94. The average molecular weight is 257 g/mol. The zero-order valence-corrected chi connectivity index (χ0v) is 9.71. The molecule has 2 rings (SSSR count). The molecule has 0 aromatic rings. The van der Waals surface area contributed by atoms with Crippen LogP contribution in [0.15, 0.2) is 0 Å². The lowest BCUT2D eigenvalue weighted by molar-refractivity contribution is -0.147. The minimum Gasteiger partial charge on any atom is -0.469 e. The molecule has 2 nitrogen and oxygen atoms in total. The molecule has 4 atom stereocenters. The van der Waals surface area contributed by atoms with Crippen LogP contribution in [0.2, 0.25) is 0 Å². The van der Waals surface area contributed by atoms with Gasteiger partial charge in [-0.15, -0.1) is 0 Å². The molecule has 0 spiro atoms. The second-order valence-corrected chi connectivity index (χ2v) is 4.60. The van der Waals surface area contributed by atoms with E-state index in [1.165, 1.54) is 13.5 Å². The minimum atomic E-state index is -0.0874. The number of fused-ring (bicyclic) bond motifs is 1. The first-order valence-electron chi connectivity index (χ1n) is 4.95. The van der Waals surface area contributed by atoms with Crippen LogP contribution in [0.4, 0.5) is 0 Å². The lowest BCUT2D eigenvalue weighted by Gasteiger charge is -2.24. The molecule has 2 fully saturated rings. The summed E-state index contributed by atoms with van der Waals surface area (Å²) < 4.78 is 4.81. The number of ether oxygens (including phenoxy) is 1. The Kier molecular flexibility index (Phi) is 2.83. The first-order valence-corrected chi connectivity index (χ1v) is 5.74. The molecule has 76 valence electrons. The number of hydrogen-bond acceptors (Lipinski definition) is 2. The molecule has 0 N–H and O–H groups in total. The van der Waals surface area contributed by atoms with Gasteiger partial charge < -0.3 is 4.74 Å². The molecule has 0 radical (unpaired) electrons. The van der Waals surface area contributed by atoms with E-state index >= 15 is 0 Å². The molecule has 3 heteroatoms. The van der Waals surface area contributed by atoms with Gasteiger partial charge in [-0.3, -0.25) is 4.79 Å². The van der Waals surface area contributed by atoms with Crippen molar-refractivity contribution in [2.75, 3.05) is 7.11 Å². The predicted molar refractivity (Wildman–Crippen MR) is 56.5 cm³/mol. The molecule has 0 aromatic heterocycles. The maximum Gasteiger partial charge on any atom is 0.309 e. The third-order valence-electron chi connectivity index (χ3n) is 3.41. The molecule has 2 saturated carbocycles. The number of carbonyl (C=O) groups excluding carboxylic acids is 1. The van der Waals surface area contributed by atoms with Gasteiger partial charge in [-0.1, -0.05) is 5.92 Å². The third kappa shape index (κ3) is 1.81. The molecule has 0 bridgehead atoms. The van der Waals surface area contributed by atoms with Crippen LogP contribution in [0, 0.1) is 34.4 Å². The van der Waals surface area contributed by atoms with Crippen LogP contribution in [0.3, 0.4) is 0 Å². The van der Waals surface area contributed by atoms with Crippen molar-refractivity contribution < 1.29 is 9.53 Å². The van der Waals surface area contributed by atoms with Gasteiger partial charge in [0.05, 0.1) is 13.0 Å². The molecule has 0 heterocycles. The minimum absolute atomic E-state index is 0.00815. The van der Waals surface area contributed by atoms with E-state index < -0.39 is 0 Å². The zero-order valence-electron chi connectivity index (χ0n) is 8.13. The Bertz CT molecular complexity index is 302. The van der Waals surface area contributed by atoms with Crippen molar-refractivity contribution in [2.45, 2.75) is 19.3 Å². The fourth-order valence-electron chi connectivity index (χ4n) is 2.51. The fraction of sp³-hybridized carbons (Fsp3) is 0.727. The van der Waals surface area contributed by atoms with Gasteiger partial charge in [-0.25, -0.2) is 0 Å². The Labute approximate surface area is 92.5 Å². The third-order valence-corrected chi connectivity index (χ3v) is 3.64. The summed E-state index contributed by atoms with van der Waals surface area (Å²) in [5.41, 5.74) is 0. The van der Waals surface area contributed by atoms with Crippen LogP contribution >= 0.6 is 15.9 Å². The highest BCUT2D eigenvalue weighted by Gasteiger charge is 2.48. The highest BCUT2D eigenvalue weighted by Crippen LogP contribution is 2.53. The zero-order chi connectivity index (χ0) is 10.1. The number of esters is 1. The smallest absolute Gasteiger partial charge is 0.309 e. The standard InChI is InChI=1S/C11H13BrO2/c1-14-11(13)10-6-9-5-8(9)4-7(10)2-3-12/h7-10H,4-6H2,1H3. The number of rotatable bonds is 1. The normalized spacial score (nSPS) is 39.0.